The predicted octanol–water partition coefficient (Wildman–Crippen LogP) is 2.51. The Bertz CT molecular complexity index is 721. The zero-order chi connectivity index (χ0) is 18.4. The van der Waals surface area contributed by atoms with Gasteiger partial charge >= 0.3 is 0 Å². The summed E-state index contributed by atoms with van der Waals surface area (Å²) in [6.45, 7) is 1.67. The molecule has 1 N–H and O–H groups in total. The van der Waals surface area contributed by atoms with Crippen LogP contribution in [0.4, 0.5) is 4.39 Å². The van der Waals surface area contributed by atoms with Crippen molar-refractivity contribution < 1.29 is 28.4 Å². The fraction of sp³-hybridized carbons (Fsp3) is 0.333. The Morgan fingerprint density at radius 2 is 1.84 bits per heavy atom. The van der Waals surface area contributed by atoms with E-state index in [1.54, 1.807) is 33.3 Å². The maximum Gasteiger partial charge on any atom is 0.188 e. The molecule has 0 aliphatic heterocycles. The van der Waals surface area contributed by atoms with Gasteiger partial charge in [0.1, 0.15) is 11.6 Å². The predicted molar refractivity (Wildman–Crippen MR) is 96.7 cm³/mol. The highest BCUT2D eigenvalue weighted by Gasteiger charge is 2.17. The molecule has 7 heteroatoms. The fourth-order valence-electron chi connectivity index (χ4n) is 2.34. The molecule has 25 heavy (non-hydrogen) atoms. The standard InChI is InChI=1S/C18H22FO5P/c1-11(20)14-7-12(19)5-6-16(14)25-17-9-13(22-3)8-15(23-4)18(17)24-10-21-2/h5-9,11,20,25H,10H2,1-4H3. The Hall–Kier alpha value is -1.88. The number of benzene rings is 2. The third-order valence-electron chi connectivity index (χ3n) is 3.54. The summed E-state index contributed by atoms with van der Waals surface area (Å²) in [6.07, 6.45) is -0.783. The summed E-state index contributed by atoms with van der Waals surface area (Å²) >= 11 is 0. The molecule has 5 nitrogen and oxygen atoms in total. The van der Waals surface area contributed by atoms with E-state index in [2.05, 4.69) is 0 Å². The zero-order valence-electron chi connectivity index (χ0n) is 14.6. The molecule has 0 fully saturated rings. The first kappa shape index (κ1) is 19.4. The second-order valence-corrected chi connectivity index (χ2v) is 6.62. The van der Waals surface area contributed by atoms with Crippen LogP contribution in [0.1, 0.15) is 18.6 Å². The molecule has 0 aliphatic rings. The van der Waals surface area contributed by atoms with E-state index in [-0.39, 0.29) is 21.2 Å². The highest BCUT2D eigenvalue weighted by atomic mass is 31.1. The van der Waals surface area contributed by atoms with Gasteiger partial charge in [-0.2, -0.15) is 0 Å². The van der Waals surface area contributed by atoms with E-state index in [1.165, 1.54) is 19.2 Å². The van der Waals surface area contributed by atoms with Gasteiger partial charge in [0, 0.05) is 18.5 Å². The minimum Gasteiger partial charge on any atom is -0.497 e. The molecule has 0 saturated heterocycles. The summed E-state index contributed by atoms with van der Waals surface area (Å²) < 4.78 is 34.9. The molecule has 0 aliphatic carbocycles. The van der Waals surface area contributed by atoms with E-state index in [0.717, 1.165) is 10.6 Å². The van der Waals surface area contributed by atoms with Crippen LogP contribution in [0.5, 0.6) is 17.2 Å². The average Bonchev–Trinajstić information content (AvgIpc) is 2.61. The van der Waals surface area contributed by atoms with Gasteiger partial charge in [0.2, 0.25) is 0 Å². The molecule has 0 bridgehead atoms. The smallest absolute Gasteiger partial charge is 0.188 e. The van der Waals surface area contributed by atoms with Gasteiger partial charge in [-0.05, 0) is 36.0 Å². The van der Waals surface area contributed by atoms with Crippen molar-refractivity contribution in [3.05, 3.63) is 41.7 Å². The normalized spacial score (nSPS) is 12.4. The van der Waals surface area contributed by atoms with E-state index in [9.17, 15) is 9.50 Å². The van der Waals surface area contributed by atoms with Crippen molar-refractivity contribution in [1.29, 1.82) is 0 Å². The van der Waals surface area contributed by atoms with Gasteiger partial charge in [-0.3, -0.25) is 0 Å². The lowest BCUT2D eigenvalue weighted by atomic mass is 10.1. The number of rotatable bonds is 8. The Balaban J connectivity index is 2.50. The number of aliphatic hydroxyl groups excluding tert-OH is 1. The molecule has 0 spiro atoms. The van der Waals surface area contributed by atoms with Crippen molar-refractivity contribution in [2.45, 2.75) is 13.0 Å². The van der Waals surface area contributed by atoms with Crippen molar-refractivity contribution in [3.63, 3.8) is 0 Å². The maximum absolute atomic E-state index is 13.5. The van der Waals surface area contributed by atoms with Crippen LogP contribution in [0, 0.1) is 5.82 Å². The summed E-state index contributed by atoms with van der Waals surface area (Å²) in [5, 5.41) is 11.6. The zero-order valence-corrected chi connectivity index (χ0v) is 15.6. The lowest BCUT2D eigenvalue weighted by Crippen LogP contribution is -2.15. The lowest BCUT2D eigenvalue weighted by molar-refractivity contribution is 0.0499. The molecular weight excluding hydrogens is 346 g/mol. The number of methoxy groups -OCH3 is 3. The molecule has 0 radical (unpaired) electrons. The number of halogens is 1. The van der Waals surface area contributed by atoms with E-state index in [4.69, 9.17) is 18.9 Å². The van der Waals surface area contributed by atoms with Crippen molar-refractivity contribution in [1.82, 2.24) is 0 Å². The van der Waals surface area contributed by atoms with Crippen LogP contribution in [-0.4, -0.2) is 33.2 Å². The molecular formula is C18H22FO5P. The topological polar surface area (TPSA) is 57.2 Å². The molecule has 2 atom stereocenters. The first-order valence-electron chi connectivity index (χ1n) is 7.62. The van der Waals surface area contributed by atoms with Crippen LogP contribution in [0.25, 0.3) is 0 Å². The number of hydrogen-bond acceptors (Lipinski definition) is 5. The molecule has 2 aromatic carbocycles. The summed E-state index contributed by atoms with van der Waals surface area (Å²) in [7, 11) is 4.75. The minimum atomic E-state index is -0.783. The second-order valence-electron chi connectivity index (χ2n) is 5.29. The van der Waals surface area contributed by atoms with Crippen LogP contribution in [0.2, 0.25) is 0 Å². The van der Waals surface area contributed by atoms with E-state index in [0.29, 0.717) is 22.8 Å². The Kier molecular flexibility index (Phi) is 7.00. The van der Waals surface area contributed by atoms with Gasteiger partial charge in [-0.1, -0.05) is 14.6 Å². The summed E-state index contributed by atoms with van der Waals surface area (Å²) in [6, 6.07) is 7.95. The van der Waals surface area contributed by atoms with Crippen molar-refractivity contribution in [2.75, 3.05) is 28.1 Å². The number of aliphatic hydroxyl groups is 1. The van der Waals surface area contributed by atoms with Crippen LogP contribution in [0.15, 0.2) is 30.3 Å². The van der Waals surface area contributed by atoms with Gasteiger partial charge < -0.3 is 24.1 Å². The lowest BCUT2D eigenvalue weighted by Gasteiger charge is -2.18. The minimum absolute atomic E-state index is 0.0623. The SMILES string of the molecule is COCOc1c(OC)cc(OC)cc1Pc1ccc(F)cc1C(C)O. The van der Waals surface area contributed by atoms with Gasteiger partial charge in [0.05, 0.1) is 20.3 Å². The Labute approximate surface area is 148 Å². The number of ether oxygens (including phenoxy) is 4. The largest absolute Gasteiger partial charge is 0.497 e. The number of hydrogen-bond donors (Lipinski definition) is 1. The van der Waals surface area contributed by atoms with Crippen LogP contribution < -0.4 is 24.8 Å². The highest BCUT2D eigenvalue weighted by molar-refractivity contribution is 7.56. The molecule has 0 heterocycles. The maximum atomic E-state index is 13.5. The Morgan fingerprint density at radius 3 is 2.44 bits per heavy atom. The van der Waals surface area contributed by atoms with Crippen molar-refractivity contribution in [3.8, 4) is 17.2 Å². The molecule has 2 unspecified atom stereocenters. The fourth-order valence-corrected chi connectivity index (χ4v) is 3.75. The summed E-state index contributed by atoms with van der Waals surface area (Å²) in [5.74, 6) is 1.28. The van der Waals surface area contributed by atoms with E-state index < -0.39 is 6.10 Å². The molecule has 0 saturated carbocycles. The molecule has 2 rings (SSSR count). The van der Waals surface area contributed by atoms with Gasteiger partial charge in [0.25, 0.3) is 0 Å². The van der Waals surface area contributed by atoms with Gasteiger partial charge in [-0.25, -0.2) is 4.39 Å². The second kappa shape index (κ2) is 8.99. The first-order valence-corrected chi connectivity index (χ1v) is 8.62. The quantitative estimate of drug-likeness (QED) is 0.573. The van der Waals surface area contributed by atoms with E-state index in [1.807, 2.05) is 6.07 Å². The third kappa shape index (κ3) is 4.82. The molecule has 136 valence electrons. The molecule has 0 aromatic heterocycles. The van der Waals surface area contributed by atoms with Crippen molar-refractivity contribution >= 4 is 19.2 Å². The summed E-state index contributed by atoms with van der Waals surface area (Å²) in [5.41, 5.74) is 0.540. The Morgan fingerprint density at radius 1 is 1.08 bits per heavy atom. The van der Waals surface area contributed by atoms with Gasteiger partial charge in [0.15, 0.2) is 18.3 Å². The average molecular weight is 368 g/mol. The third-order valence-corrected chi connectivity index (χ3v) is 4.90. The summed E-state index contributed by atoms with van der Waals surface area (Å²) in [4.78, 5) is 0. The first-order chi connectivity index (χ1) is 12.0. The van der Waals surface area contributed by atoms with E-state index >= 15 is 0 Å². The highest BCUT2D eigenvalue weighted by Crippen LogP contribution is 2.35. The van der Waals surface area contributed by atoms with Crippen LogP contribution >= 0.6 is 8.58 Å². The van der Waals surface area contributed by atoms with Crippen LogP contribution in [0.3, 0.4) is 0 Å². The molecule has 2 aromatic rings. The monoisotopic (exact) mass is 368 g/mol. The van der Waals surface area contributed by atoms with Crippen LogP contribution in [-0.2, 0) is 4.74 Å². The van der Waals surface area contributed by atoms with Gasteiger partial charge in [-0.15, -0.1) is 0 Å². The van der Waals surface area contributed by atoms with Crippen molar-refractivity contribution in [2.24, 2.45) is 0 Å². The molecule has 0 amide bonds.